The van der Waals surface area contributed by atoms with Crippen LogP contribution in [0.1, 0.15) is 17.3 Å². The molecule has 0 radical (unpaired) electrons. The highest BCUT2D eigenvalue weighted by atomic mass is 35.5. The van der Waals surface area contributed by atoms with E-state index in [0.29, 0.717) is 10.7 Å². The fraction of sp³-hybridized carbons (Fsp3) is 0.154. The number of carbonyl (C=O) groups is 1. The van der Waals surface area contributed by atoms with E-state index in [9.17, 15) is 4.79 Å². The summed E-state index contributed by atoms with van der Waals surface area (Å²) in [6, 6.07) is 8.63. The summed E-state index contributed by atoms with van der Waals surface area (Å²) in [4.78, 5) is 11.7. The maximum atomic E-state index is 11.7. The third kappa shape index (κ3) is 3.22. The predicted molar refractivity (Wildman–Crippen MR) is 73.4 cm³/mol. The van der Waals surface area contributed by atoms with Crippen LogP contribution in [0.5, 0.6) is 0 Å². The second-order valence-electron chi connectivity index (χ2n) is 3.66. The van der Waals surface area contributed by atoms with Crippen LogP contribution in [0, 0.1) is 0 Å². The lowest BCUT2D eigenvalue weighted by Crippen LogP contribution is -2.07. The highest BCUT2D eigenvalue weighted by Gasteiger charge is 2.15. The Morgan fingerprint density at radius 1 is 1.26 bits per heavy atom. The van der Waals surface area contributed by atoms with Crippen LogP contribution in [0.25, 0.3) is 11.3 Å². The number of hydrogen-bond acceptors (Lipinski definition) is 4. The monoisotopic (exact) mass is 296 g/mol. The van der Waals surface area contributed by atoms with Gasteiger partial charge in [-0.2, -0.15) is 0 Å². The molecule has 0 aliphatic carbocycles. The van der Waals surface area contributed by atoms with Crippen LogP contribution in [-0.4, -0.2) is 22.8 Å². The Labute approximate surface area is 120 Å². The molecule has 1 aromatic carbocycles. The van der Waals surface area contributed by atoms with E-state index < -0.39 is 5.97 Å². The number of esters is 1. The number of hydrogen-bond donors (Lipinski definition) is 0. The molecule has 4 nitrogen and oxygen atoms in total. The highest BCUT2D eigenvalue weighted by Crippen LogP contribution is 2.23. The number of carbonyl (C=O) groups excluding carboxylic acids is 1. The molecule has 0 saturated heterocycles. The molecule has 1 aromatic heterocycles. The topological polar surface area (TPSA) is 52.1 Å². The average Bonchev–Trinajstić information content (AvgIpc) is 2.39. The first-order valence-electron chi connectivity index (χ1n) is 5.58. The van der Waals surface area contributed by atoms with E-state index >= 15 is 0 Å². The molecule has 0 unspecified atom stereocenters. The predicted octanol–water partition coefficient (Wildman–Crippen LogP) is 3.63. The van der Waals surface area contributed by atoms with Gasteiger partial charge in [0, 0.05) is 10.6 Å². The molecule has 0 bridgehead atoms. The molecule has 0 saturated carbocycles. The van der Waals surface area contributed by atoms with Gasteiger partial charge in [-0.25, -0.2) is 4.79 Å². The number of ether oxygens (including phenoxy) is 1. The molecule has 98 valence electrons. The Morgan fingerprint density at radius 3 is 2.74 bits per heavy atom. The fourth-order valence-electron chi connectivity index (χ4n) is 1.52. The van der Waals surface area contributed by atoms with Gasteiger partial charge in [0.1, 0.15) is 5.56 Å². The lowest BCUT2D eigenvalue weighted by molar-refractivity contribution is 0.0526. The molecule has 0 atom stereocenters. The maximum Gasteiger partial charge on any atom is 0.341 e. The zero-order chi connectivity index (χ0) is 13.8. The number of rotatable bonds is 3. The van der Waals surface area contributed by atoms with Crippen molar-refractivity contribution in [2.75, 3.05) is 6.61 Å². The summed E-state index contributed by atoms with van der Waals surface area (Å²) in [7, 11) is 0. The number of nitrogens with zero attached hydrogens (tertiary/aromatic N) is 2. The molecule has 0 amide bonds. The van der Waals surface area contributed by atoms with E-state index in [1.54, 1.807) is 31.2 Å². The van der Waals surface area contributed by atoms with Crippen molar-refractivity contribution in [2.45, 2.75) is 6.92 Å². The van der Waals surface area contributed by atoms with E-state index in [2.05, 4.69) is 10.2 Å². The third-order valence-corrected chi connectivity index (χ3v) is 2.88. The Bertz CT molecular complexity index is 617. The van der Waals surface area contributed by atoms with Crippen molar-refractivity contribution in [3.05, 3.63) is 46.1 Å². The lowest BCUT2D eigenvalue weighted by atomic mass is 10.1. The van der Waals surface area contributed by atoms with Gasteiger partial charge in [0.15, 0.2) is 5.15 Å². The first-order valence-corrected chi connectivity index (χ1v) is 6.33. The van der Waals surface area contributed by atoms with Gasteiger partial charge in [0.05, 0.1) is 12.3 Å². The van der Waals surface area contributed by atoms with Crippen molar-refractivity contribution in [1.82, 2.24) is 10.2 Å². The van der Waals surface area contributed by atoms with Gasteiger partial charge >= 0.3 is 5.97 Å². The SMILES string of the molecule is CCOC(=O)c1cc(-c2cccc(Cl)c2)nnc1Cl. The van der Waals surface area contributed by atoms with Crippen LogP contribution in [-0.2, 0) is 4.74 Å². The summed E-state index contributed by atoms with van der Waals surface area (Å²) >= 11 is 11.8. The van der Waals surface area contributed by atoms with Crippen LogP contribution in [0.4, 0.5) is 0 Å². The van der Waals surface area contributed by atoms with Crippen LogP contribution >= 0.6 is 23.2 Å². The van der Waals surface area contributed by atoms with Crippen molar-refractivity contribution in [3.8, 4) is 11.3 Å². The van der Waals surface area contributed by atoms with Crippen LogP contribution in [0.15, 0.2) is 30.3 Å². The minimum absolute atomic E-state index is 0.0178. The van der Waals surface area contributed by atoms with E-state index in [0.717, 1.165) is 5.56 Å². The van der Waals surface area contributed by atoms with E-state index in [1.165, 1.54) is 0 Å². The van der Waals surface area contributed by atoms with Crippen molar-refractivity contribution in [2.24, 2.45) is 0 Å². The van der Waals surface area contributed by atoms with Gasteiger partial charge in [0.2, 0.25) is 0 Å². The zero-order valence-corrected chi connectivity index (χ0v) is 11.6. The Morgan fingerprint density at radius 2 is 2.05 bits per heavy atom. The van der Waals surface area contributed by atoms with Crippen molar-refractivity contribution >= 4 is 29.2 Å². The second-order valence-corrected chi connectivity index (χ2v) is 4.46. The quantitative estimate of drug-likeness (QED) is 0.812. The molecular weight excluding hydrogens is 287 g/mol. The van der Waals surface area contributed by atoms with Gasteiger partial charge in [-0.15, -0.1) is 10.2 Å². The summed E-state index contributed by atoms with van der Waals surface area (Å²) in [6.45, 7) is 1.99. The molecule has 0 aliphatic heterocycles. The molecule has 0 spiro atoms. The summed E-state index contributed by atoms with van der Waals surface area (Å²) in [6.07, 6.45) is 0. The molecule has 0 fully saturated rings. The van der Waals surface area contributed by atoms with E-state index in [1.807, 2.05) is 6.07 Å². The van der Waals surface area contributed by atoms with Crippen LogP contribution in [0.2, 0.25) is 10.2 Å². The first kappa shape index (κ1) is 13.8. The number of aromatic nitrogens is 2. The Hall–Kier alpha value is -1.65. The Kier molecular flexibility index (Phi) is 4.35. The first-order chi connectivity index (χ1) is 9.11. The molecule has 0 N–H and O–H groups in total. The average molecular weight is 297 g/mol. The molecule has 2 aromatic rings. The summed E-state index contributed by atoms with van der Waals surface area (Å²) < 4.78 is 4.91. The van der Waals surface area contributed by atoms with Crippen molar-refractivity contribution in [1.29, 1.82) is 0 Å². The van der Waals surface area contributed by atoms with E-state index in [-0.39, 0.29) is 17.3 Å². The minimum atomic E-state index is -0.523. The Balaban J connectivity index is 2.44. The summed E-state index contributed by atoms with van der Waals surface area (Å²) in [5.74, 6) is -0.523. The second kappa shape index (κ2) is 5.99. The molecule has 6 heteroatoms. The lowest BCUT2D eigenvalue weighted by Gasteiger charge is -2.05. The number of halogens is 2. The highest BCUT2D eigenvalue weighted by molar-refractivity contribution is 6.32. The van der Waals surface area contributed by atoms with Crippen molar-refractivity contribution in [3.63, 3.8) is 0 Å². The van der Waals surface area contributed by atoms with E-state index in [4.69, 9.17) is 27.9 Å². The van der Waals surface area contributed by atoms with Crippen LogP contribution < -0.4 is 0 Å². The van der Waals surface area contributed by atoms with Gasteiger partial charge in [0.25, 0.3) is 0 Å². The minimum Gasteiger partial charge on any atom is -0.462 e. The summed E-state index contributed by atoms with van der Waals surface area (Å²) in [5.41, 5.74) is 1.45. The zero-order valence-electron chi connectivity index (χ0n) is 10.1. The fourth-order valence-corrected chi connectivity index (χ4v) is 1.88. The maximum absolute atomic E-state index is 11.7. The van der Waals surface area contributed by atoms with Gasteiger partial charge < -0.3 is 4.74 Å². The number of benzene rings is 1. The standard InChI is InChI=1S/C13H10Cl2N2O2/c1-2-19-13(18)10-7-11(16-17-12(10)15)8-4-3-5-9(14)6-8/h3-7H,2H2,1H3. The molecular formula is C13H10Cl2N2O2. The van der Waals surface area contributed by atoms with Crippen LogP contribution in [0.3, 0.4) is 0 Å². The van der Waals surface area contributed by atoms with Crippen molar-refractivity contribution < 1.29 is 9.53 Å². The molecule has 2 rings (SSSR count). The smallest absolute Gasteiger partial charge is 0.341 e. The molecule has 1 heterocycles. The van der Waals surface area contributed by atoms with Gasteiger partial charge in [-0.05, 0) is 25.1 Å². The molecule has 0 aliphatic rings. The molecule has 19 heavy (non-hydrogen) atoms. The van der Waals surface area contributed by atoms with Gasteiger partial charge in [-0.1, -0.05) is 35.3 Å². The summed E-state index contributed by atoms with van der Waals surface area (Å²) in [5, 5.41) is 8.30. The van der Waals surface area contributed by atoms with Gasteiger partial charge in [-0.3, -0.25) is 0 Å². The largest absolute Gasteiger partial charge is 0.462 e. The third-order valence-electron chi connectivity index (χ3n) is 2.36. The normalized spacial score (nSPS) is 10.3.